The van der Waals surface area contributed by atoms with Crippen LogP contribution < -0.4 is 43.4 Å². The highest BCUT2D eigenvalue weighted by Crippen LogP contribution is 2.23. The molecule has 5 atom stereocenters. The lowest BCUT2D eigenvalue weighted by molar-refractivity contribution is -0.140. The summed E-state index contributed by atoms with van der Waals surface area (Å²) < 4.78 is 12.2. The van der Waals surface area contributed by atoms with E-state index in [9.17, 15) is 57.3 Å². The van der Waals surface area contributed by atoms with Crippen LogP contribution in [-0.4, -0.2) is 128 Å². The molecule has 8 amide bonds. The first-order valence-electron chi connectivity index (χ1n) is 16.6. The van der Waals surface area contributed by atoms with Gasteiger partial charge in [0.05, 0.1) is 25.0 Å². The fourth-order valence-electron chi connectivity index (χ4n) is 4.72. The largest absolute Gasteiger partial charge is 0.480 e. The maximum atomic E-state index is 13.6. The number of Topliss-reactive ketones (excluding diaryl/α,β-unsaturated/α-hetero) is 1. The summed E-state index contributed by atoms with van der Waals surface area (Å²) in [7, 11) is -1.60. The van der Waals surface area contributed by atoms with Gasteiger partial charge in [-0.05, 0) is 25.7 Å². The molecule has 0 aromatic rings. The Kier molecular flexibility index (Phi) is 19.1. The van der Waals surface area contributed by atoms with Crippen molar-refractivity contribution in [3.8, 4) is 0 Å². The summed E-state index contributed by atoms with van der Waals surface area (Å²) in [5.41, 5.74) is 6.84. The van der Waals surface area contributed by atoms with Gasteiger partial charge in [0, 0.05) is 34.6 Å². The molecule has 0 aromatic carbocycles. The molecular weight excluding hydrogens is 736 g/mol. The standard InChI is InChI=1S/C32H54N8O13S/c1-30(2,3)10-9-18(41)27(49)35-13-21(44)39-24(32(6,7)52)29(51)38-17(12-20(34)43)26(48)40-23(31(4,5)15-54(8)53)28(50)37-16(11-19(33)42)25(47)36-14-22(45)46/h16-17,23-24,52H,9-15H2,1-8H3,(H2,33,42)(H2,34,43)(H,35,49)(H,36,47)(H,37,50)(H,38,51)(H,39,44)(H,40,48)(H,45,46)/t16-,17-,23+,24+,54?/m0/s1. The van der Waals surface area contributed by atoms with E-state index in [0.717, 1.165) is 13.8 Å². The van der Waals surface area contributed by atoms with Crippen molar-refractivity contribution in [3.05, 3.63) is 0 Å². The van der Waals surface area contributed by atoms with E-state index >= 15 is 0 Å². The monoisotopic (exact) mass is 790 g/mol. The number of carboxylic acids is 1. The molecule has 306 valence electrons. The molecule has 0 fully saturated rings. The summed E-state index contributed by atoms with van der Waals surface area (Å²) in [4.78, 5) is 125. The number of nitrogens with two attached hydrogens (primary N) is 2. The van der Waals surface area contributed by atoms with Crippen molar-refractivity contribution in [1.82, 2.24) is 31.9 Å². The SMILES string of the molecule is CS(=O)CC(C)(C)[C@H](NC(=O)[C@H](CC(N)=O)NC(=O)[C@@H](NC(=O)CNC(=O)C(=O)CCC(C)(C)C)C(C)(C)O)C(=O)N[C@@H](CC(N)=O)C(=O)NCC(=O)O. The number of aliphatic carboxylic acids is 1. The van der Waals surface area contributed by atoms with E-state index in [1.165, 1.54) is 20.1 Å². The van der Waals surface area contributed by atoms with Crippen molar-refractivity contribution < 1.29 is 62.4 Å². The van der Waals surface area contributed by atoms with Gasteiger partial charge in [-0.3, -0.25) is 52.2 Å². The molecule has 0 aliphatic heterocycles. The minimum absolute atomic E-state index is 0.0823. The number of carboxylic acid groups (broad SMARTS) is 1. The summed E-state index contributed by atoms with van der Waals surface area (Å²) in [5.74, 6) is -11.4. The van der Waals surface area contributed by atoms with Crippen molar-refractivity contribution >= 4 is 69.8 Å². The number of nitrogens with one attached hydrogen (secondary N) is 6. The van der Waals surface area contributed by atoms with Crippen LogP contribution in [0.2, 0.25) is 0 Å². The van der Waals surface area contributed by atoms with Gasteiger partial charge in [-0.1, -0.05) is 34.6 Å². The first-order valence-corrected chi connectivity index (χ1v) is 18.3. The number of ketones is 1. The summed E-state index contributed by atoms with van der Waals surface area (Å²) >= 11 is 0. The predicted octanol–water partition coefficient (Wildman–Crippen LogP) is -4.44. The second-order valence-electron chi connectivity index (χ2n) is 15.0. The van der Waals surface area contributed by atoms with E-state index in [1.807, 2.05) is 26.1 Å². The minimum Gasteiger partial charge on any atom is -0.480 e. The Morgan fingerprint density at radius 2 is 1.15 bits per heavy atom. The number of carbonyl (C=O) groups is 10. The van der Waals surface area contributed by atoms with Crippen molar-refractivity contribution in [2.45, 2.75) is 104 Å². The van der Waals surface area contributed by atoms with Crippen molar-refractivity contribution in [2.75, 3.05) is 25.1 Å². The lowest BCUT2D eigenvalue weighted by atomic mass is 9.85. The highest BCUT2D eigenvalue weighted by Gasteiger charge is 2.42. The summed E-state index contributed by atoms with van der Waals surface area (Å²) in [6, 6.07) is -7.13. The summed E-state index contributed by atoms with van der Waals surface area (Å²) in [6.07, 6.45) is -0.0613. The van der Waals surface area contributed by atoms with Crippen LogP contribution in [0.25, 0.3) is 0 Å². The third-order valence-corrected chi connectivity index (χ3v) is 8.59. The molecule has 0 heterocycles. The Balaban J connectivity index is 6.31. The second-order valence-corrected chi connectivity index (χ2v) is 16.5. The number of primary amides is 2. The molecule has 0 saturated heterocycles. The summed E-state index contributed by atoms with van der Waals surface area (Å²) in [6.45, 7) is 9.02. The third kappa shape index (κ3) is 19.2. The lowest BCUT2D eigenvalue weighted by Gasteiger charge is -2.35. The molecule has 0 rings (SSSR count). The molecule has 0 aliphatic rings. The number of rotatable bonds is 23. The highest BCUT2D eigenvalue weighted by molar-refractivity contribution is 7.84. The van der Waals surface area contributed by atoms with Gasteiger partial charge in [-0.15, -0.1) is 0 Å². The molecular formula is C32H54N8O13S. The van der Waals surface area contributed by atoms with Gasteiger partial charge in [-0.2, -0.15) is 0 Å². The molecule has 0 radical (unpaired) electrons. The van der Waals surface area contributed by atoms with E-state index in [0.29, 0.717) is 6.42 Å². The fourth-order valence-corrected chi connectivity index (χ4v) is 5.93. The smallest absolute Gasteiger partial charge is 0.322 e. The van der Waals surface area contributed by atoms with Gasteiger partial charge in [0.15, 0.2) is 0 Å². The minimum atomic E-state index is -2.04. The third-order valence-electron chi connectivity index (χ3n) is 7.43. The van der Waals surface area contributed by atoms with E-state index < -0.39 is 131 Å². The van der Waals surface area contributed by atoms with Crippen LogP contribution in [0.4, 0.5) is 0 Å². The van der Waals surface area contributed by atoms with Crippen LogP contribution in [0.5, 0.6) is 0 Å². The number of hydrogen-bond donors (Lipinski definition) is 10. The highest BCUT2D eigenvalue weighted by atomic mass is 32.2. The van der Waals surface area contributed by atoms with E-state index in [2.05, 4.69) is 26.6 Å². The Hall–Kier alpha value is -4.99. The number of carbonyl (C=O) groups excluding carboxylic acids is 9. The van der Waals surface area contributed by atoms with Crippen molar-refractivity contribution in [3.63, 3.8) is 0 Å². The fraction of sp³-hybridized carbons (Fsp3) is 0.688. The molecule has 0 aromatic heterocycles. The van der Waals surface area contributed by atoms with Crippen LogP contribution in [-0.2, 0) is 58.7 Å². The molecule has 12 N–H and O–H groups in total. The first-order chi connectivity index (χ1) is 24.5. The molecule has 22 heteroatoms. The predicted molar refractivity (Wildman–Crippen MR) is 192 cm³/mol. The number of hydrogen-bond acceptors (Lipinski definition) is 12. The van der Waals surface area contributed by atoms with Crippen molar-refractivity contribution in [2.24, 2.45) is 22.3 Å². The maximum Gasteiger partial charge on any atom is 0.322 e. The van der Waals surface area contributed by atoms with Gasteiger partial charge >= 0.3 is 5.97 Å². The van der Waals surface area contributed by atoms with Crippen LogP contribution in [0.3, 0.4) is 0 Å². The van der Waals surface area contributed by atoms with Gasteiger partial charge < -0.3 is 53.6 Å². The molecule has 0 bridgehead atoms. The quantitative estimate of drug-likeness (QED) is 0.0438. The van der Waals surface area contributed by atoms with Gasteiger partial charge in [0.25, 0.3) is 5.91 Å². The zero-order valence-corrected chi connectivity index (χ0v) is 32.5. The number of aliphatic hydroxyl groups is 1. The first kappa shape index (κ1) is 49.0. The Morgan fingerprint density at radius 1 is 0.667 bits per heavy atom. The van der Waals surface area contributed by atoms with Crippen LogP contribution in [0.15, 0.2) is 0 Å². The van der Waals surface area contributed by atoms with E-state index in [4.69, 9.17) is 16.6 Å². The van der Waals surface area contributed by atoms with Crippen LogP contribution >= 0.6 is 0 Å². The van der Waals surface area contributed by atoms with E-state index in [1.54, 1.807) is 0 Å². The number of amides is 8. The Bertz CT molecular complexity index is 1490. The van der Waals surface area contributed by atoms with Gasteiger partial charge in [0.1, 0.15) is 30.7 Å². The Morgan fingerprint density at radius 3 is 1.57 bits per heavy atom. The van der Waals surface area contributed by atoms with E-state index in [-0.39, 0.29) is 17.6 Å². The average Bonchev–Trinajstić information content (AvgIpc) is 2.99. The van der Waals surface area contributed by atoms with Gasteiger partial charge in [-0.25, -0.2) is 0 Å². The van der Waals surface area contributed by atoms with Gasteiger partial charge in [0.2, 0.25) is 47.1 Å². The molecule has 54 heavy (non-hydrogen) atoms. The normalized spacial score (nSPS) is 14.5. The van der Waals surface area contributed by atoms with Crippen molar-refractivity contribution in [1.29, 1.82) is 0 Å². The second kappa shape index (κ2) is 21.0. The molecule has 0 spiro atoms. The molecule has 0 saturated carbocycles. The Labute approximate surface area is 315 Å². The van der Waals surface area contributed by atoms with Crippen LogP contribution in [0, 0.1) is 10.8 Å². The zero-order chi connectivity index (χ0) is 42.4. The zero-order valence-electron chi connectivity index (χ0n) is 31.7. The molecule has 1 unspecified atom stereocenters. The maximum absolute atomic E-state index is 13.6. The average molecular weight is 791 g/mol. The van der Waals surface area contributed by atoms with Crippen LogP contribution in [0.1, 0.15) is 74.1 Å². The summed E-state index contributed by atoms with van der Waals surface area (Å²) in [5, 5.41) is 32.6. The topological polar surface area (TPSA) is 352 Å². The lowest BCUT2D eigenvalue weighted by Crippen LogP contribution is -2.64. The molecule has 21 nitrogen and oxygen atoms in total. The molecule has 0 aliphatic carbocycles.